The summed E-state index contributed by atoms with van der Waals surface area (Å²) >= 11 is 1.59. The lowest BCUT2D eigenvalue weighted by atomic mass is 10.3. The van der Waals surface area contributed by atoms with Crippen molar-refractivity contribution in [3.05, 3.63) is 60.4 Å². The first-order valence-corrected chi connectivity index (χ1v) is 10.6. The van der Waals surface area contributed by atoms with Gasteiger partial charge in [-0.05, 0) is 43.4 Å². The molecule has 0 saturated carbocycles. The van der Waals surface area contributed by atoms with Crippen LogP contribution in [-0.4, -0.2) is 30.4 Å². The lowest BCUT2D eigenvalue weighted by molar-refractivity contribution is 0.588. The third-order valence-corrected chi connectivity index (χ3v) is 6.18. The molecule has 4 rings (SSSR count). The van der Waals surface area contributed by atoms with Gasteiger partial charge in [-0.1, -0.05) is 6.07 Å². The van der Waals surface area contributed by atoms with Gasteiger partial charge in [0, 0.05) is 17.4 Å². The zero-order valence-electron chi connectivity index (χ0n) is 14.7. The SMILES string of the molecule is CNS(=O)(=O)c1cccc(Nc2cc(Nc3ccc4scnc4c3)ncn2)c1. The molecule has 8 nitrogen and oxygen atoms in total. The molecule has 0 unspecified atom stereocenters. The highest BCUT2D eigenvalue weighted by molar-refractivity contribution is 7.89. The highest BCUT2D eigenvalue weighted by Gasteiger charge is 2.11. The third-order valence-electron chi connectivity index (χ3n) is 3.96. The van der Waals surface area contributed by atoms with E-state index in [0.717, 1.165) is 15.9 Å². The summed E-state index contributed by atoms with van der Waals surface area (Å²) in [6.45, 7) is 0. The topological polar surface area (TPSA) is 109 Å². The minimum Gasteiger partial charge on any atom is -0.340 e. The number of nitrogens with one attached hydrogen (secondary N) is 3. The zero-order valence-corrected chi connectivity index (χ0v) is 16.4. The Morgan fingerprint density at radius 3 is 2.39 bits per heavy atom. The zero-order chi connectivity index (χ0) is 19.6. The normalized spacial score (nSPS) is 11.5. The van der Waals surface area contributed by atoms with E-state index < -0.39 is 10.0 Å². The molecule has 0 aliphatic carbocycles. The molecule has 0 bridgehead atoms. The first-order chi connectivity index (χ1) is 13.5. The lowest BCUT2D eigenvalue weighted by Crippen LogP contribution is -2.18. The molecular weight excluding hydrogens is 396 g/mol. The summed E-state index contributed by atoms with van der Waals surface area (Å²) in [6.07, 6.45) is 1.43. The van der Waals surface area contributed by atoms with Crippen molar-refractivity contribution in [1.29, 1.82) is 0 Å². The van der Waals surface area contributed by atoms with Crippen LogP contribution in [0.5, 0.6) is 0 Å². The number of thiazole rings is 1. The molecule has 0 fully saturated rings. The van der Waals surface area contributed by atoms with Crippen LogP contribution in [-0.2, 0) is 10.0 Å². The molecule has 0 spiro atoms. The molecule has 0 aliphatic rings. The molecule has 3 N–H and O–H groups in total. The smallest absolute Gasteiger partial charge is 0.240 e. The van der Waals surface area contributed by atoms with Crippen LogP contribution in [0.4, 0.5) is 23.0 Å². The van der Waals surface area contributed by atoms with E-state index in [1.165, 1.54) is 25.5 Å². The van der Waals surface area contributed by atoms with Crippen LogP contribution in [0.2, 0.25) is 0 Å². The Balaban J connectivity index is 1.55. The second-order valence-electron chi connectivity index (χ2n) is 5.81. The van der Waals surface area contributed by atoms with Gasteiger partial charge >= 0.3 is 0 Å². The molecule has 4 aromatic rings. The summed E-state index contributed by atoms with van der Waals surface area (Å²) < 4.78 is 27.3. The maximum atomic E-state index is 12.0. The van der Waals surface area contributed by atoms with E-state index in [4.69, 9.17) is 0 Å². The van der Waals surface area contributed by atoms with Gasteiger partial charge in [0.2, 0.25) is 10.0 Å². The van der Waals surface area contributed by atoms with Crippen LogP contribution in [0.3, 0.4) is 0 Å². The maximum Gasteiger partial charge on any atom is 0.240 e. The van der Waals surface area contributed by atoms with Crippen molar-refractivity contribution < 1.29 is 8.42 Å². The monoisotopic (exact) mass is 412 g/mol. The molecule has 0 aliphatic heterocycles. The average molecular weight is 413 g/mol. The van der Waals surface area contributed by atoms with E-state index >= 15 is 0 Å². The van der Waals surface area contributed by atoms with Crippen LogP contribution in [0.15, 0.2) is 65.3 Å². The van der Waals surface area contributed by atoms with Crippen LogP contribution in [0.1, 0.15) is 0 Å². The molecule has 2 aromatic heterocycles. The molecule has 28 heavy (non-hydrogen) atoms. The van der Waals surface area contributed by atoms with Gasteiger partial charge in [-0.25, -0.2) is 28.1 Å². The predicted molar refractivity (Wildman–Crippen MR) is 111 cm³/mol. The number of hydrogen-bond donors (Lipinski definition) is 3. The molecule has 0 atom stereocenters. The minimum atomic E-state index is -3.52. The number of rotatable bonds is 6. The Bertz CT molecular complexity index is 1240. The summed E-state index contributed by atoms with van der Waals surface area (Å²) in [4.78, 5) is 12.9. The van der Waals surface area contributed by atoms with Crippen molar-refractivity contribution >= 4 is 54.6 Å². The van der Waals surface area contributed by atoms with E-state index in [1.54, 1.807) is 29.5 Å². The lowest BCUT2D eigenvalue weighted by Gasteiger charge is -2.10. The number of hydrogen-bond acceptors (Lipinski definition) is 8. The number of benzene rings is 2. The fourth-order valence-electron chi connectivity index (χ4n) is 2.58. The van der Waals surface area contributed by atoms with Gasteiger partial charge in [-0.15, -0.1) is 11.3 Å². The minimum absolute atomic E-state index is 0.170. The molecule has 0 saturated heterocycles. The van der Waals surface area contributed by atoms with Gasteiger partial charge in [-0.3, -0.25) is 0 Å². The molecular formula is C18H16N6O2S2. The molecule has 2 aromatic carbocycles. The van der Waals surface area contributed by atoms with Gasteiger partial charge in [0.1, 0.15) is 18.0 Å². The molecule has 2 heterocycles. The average Bonchev–Trinajstić information content (AvgIpc) is 3.16. The Hall–Kier alpha value is -3.08. The highest BCUT2D eigenvalue weighted by Crippen LogP contribution is 2.25. The maximum absolute atomic E-state index is 12.0. The van der Waals surface area contributed by atoms with Crippen LogP contribution in [0, 0.1) is 0 Å². The molecule has 10 heteroatoms. The molecule has 0 amide bonds. The van der Waals surface area contributed by atoms with Gasteiger partial charge in [0.25, 0.3) is 0 Å². The number of fused-ring (bicyclic) bond motifs is 1. The van der Waals surface area contributed by atoms with Crippen molar-refractivity contribution in [1.82, 2.24) is 19.7 Å². The van der Waals surface area contributed by atoms with Gasteiger partial charge in [0.15, 0.2) is 0 Å². The van der Waals surface area contributed by atoms with E-state index in [-0.39, 0.29) is 4.90 Å². The fourth-order valence-corrected chi connectivity index (χ4v) is 4.02. The number of aromatic nitrogens is 3. The quantitative estimate of drug-likeness (QED) is 0.445. The summed E-state index contributed by atoms with van der Waals surface area (Å²) in [6, 6.07) is 14.1. The van der Waals surface area contributed by atoms with E-state index in [0.29, 0.717) is 17.3 Å². The molecule has 142 valence electrons. The van der Waals surface area contributed by atoms with Crippen LogP contribution < -0.4 is 15.4 Å². The van der Waals surface area contributed by atoms with E-state index in [1.807, 2.05) is 23.7 Å². The second-order valence-corrected chi connectivity index (χ2v) is 8.58. The Morgan fingerprint density at radius 2 is 1.64 bits per heavy atom. The van der Waals surface area contributed by atoms with E-state index in [2.05, 4.69) is 30.3 Å². The van der Waals surface area contributed by atoms with Crippen molar-refractivity contribution in [2.75, 3.05) is 17.7 Å². The predicted octanol–water partition coefficient (Wildman–Crippen LogP) is 3.48. The largest absolute Gasteiger partial charge is 0.340 e. The van der Waals surface area contributed by atoms with Crippen LogP contribution in [0.25, 0.3) is 10.2 Å². The molecule has 0 radical (unpaired) electrons. The Kier molecular flexibility index (Phi) is 4.90. The van der Waals surface area contributed by atoms with Gasteiger partial charge < -0.3 is 10.6 Å². The second kappa shape index (κ2) is 7.50. The Morgan fingerprint density at radius 1 is 0.893 bits per heavy atom. The van der Waals surface area contributed by atoms with Crippen molar-refractivity contribution in [2.24, 2.45) is 0 Å². The van der Waals surface area contributed by atoms with Crippen molar-refractivity contribution in [3.8, 4) is 0 Å². The number of anilines is 4. The van der Waals surface area contributed by atoms with Gasteiger partial charge in [-0.2, -0.15) is 0 Å². The number of sulfonamides is 1. The van der Waals surface area contributed by atoms with Crippen molar-refractivity contribution in [2.45, 2.75) is 4.90 Å². The summed E-state index contributed by atoms with van der Waals surface area (Å²) in [5.41, 5.74) is 4.20. The van der Waals surface area contributed by atoms with Gasteiger partial charge in [0.05, 0.1) is 20.6 Å². The highest BCUT2D eigenvalue weighted by atomic mass is 32.2. The standard InChI is InChI=1S/C18H16N6O2S2/c1-19-28(25,26)14-4-2-3-12(7-14)23-17-9-18(21-10-20-17)24-13-5-6-16-15(8-13)22-11-27-16/h2-11,19H,1H3,(H2,20,21,23,24). The summed E-state index contributed by atoms with van der Waals surface area (Å²) in [5.74, 6) is 1.14. The van der Waals surface area contributed by atoms with Crippen molar-refractivity contribution in [3.63, 3.8) is 0 Å². The fraction of sp³-hybridized carbons (Fsp3) is 0.0556. The number of nitrogens with zero attached hydrogens (tertiary/aromatic N) is 3. The third kappa shape index (κ3) is 3.93. The summed E-state index contributed by atoms with van der Waals surface area (Å²) in [7, 11) is -2.14. The van der Waals surface area contributed by atoms with Crippen LogP contribution >= 0.6 is 11.3 Å². The first-order valence-electron chi connectivity index (χ1n) is 8.26. The first kappa shape index (κ1) is 18.3. The Labute approximate surface area is 165 Å². The van der Waals surface area contributed by atoms with E-state index in [9.17, 15) is 8.42 Å². The summed E-state index contributed by atoms with van der Waals surface area (Å²) in [5, 5.41) is 6.32.